The number of nitrogen functional groups attached to an aromatic ring is 1. The zero-order chi connectivity index (χ0) is 10.2. The summed E-state index contributed by atoms with van der Waals surface area (Å²) in [4.78, 5) is -0.600. The standard InChI is InChI=1S/C6H4Cl2FNO2S/c7-4-1-3(13(9,11)12)2-5(8)6(4)10/h1-2H,10H2. The summed E-state index contributed by atoms with van der Waals surface area (Å²) in [7, 11) is -4.79. The van der Waals surface area contributed by atoms with Gasteiger partial charge in [-0.3, -0.25) is 0 Å². The average Bonchev–Trinajstić information content (AvgIpc) is 1.97. The molecule has 0 atom stereocenters. The lowest BCUT2D eigenvalue weighted by molar-refractivity contribution is 0.552. The first kappa shape index (κ1) is 10.6. The number of halogens is 3. The molecular weight excluding hydrogens is 240 g/mol. The fraction of sp³-hybridized carbons (Fsp3) is 0. The second-order valence-corrected chi connectivity index (χ2v) is 4.40. The first-order valence-electron chi connectivity index (χ1n) is 3.01. The van der Waals surface area contributed by atoms with E-state index in [1.165, 1.54) is 0 Å². The first-order valence-corrected chi connectivity index (χ1v) is 5.15. The minimum atomic E-state index is -4.79. The summed E-state index contributed by atoms with van der Waals surface area (Å²) in [6.07, 6.45) is 0. The van der Waals surface area contributed by atoms with Gasteiger partial charge in [-0.15, -0.1) is 3.89 Å². The highest BCUT2D eigenvalue weighted by Gasteiger charge is 2.15. The molecular formula is C6H4Cl2FNO2S. The highest BCUT2D eigenvalue weighted by molar-refractivity contribution is 7.86. The topological polar surface area (TPSA) is 60.2 Å². The number of hydrogen-bond acceptors (Lipinski definition) is 3. The maximum atomic E-state index is 12.4. The summed E-state index contributed by atoms with van der Waals surface area (Å²) in [5.41, 5.74) is 5.34. The lowest BCUT2D eigenvalue weighted by Gasteiger charge is -2.02. The van der Waals surface area contributed by atoms with Crippen molar-refractivity contribution in [2.75, 3.05) is 5.73 Å². The van der Waals surface area contributed by atoms with Crippen LogP contribution in [0.15, 0.2) is 17.0 Å². The Morgan fingerprint density at radius 1 is 1.23 bits per heavy atom. The second kappa shape index (κ2) is 3.32. The molecule has 0 aromatic heterocycles. The van der Waals surface area contributed by atoms with E-state index in [1.54, 1.807) is 0 Å². The minimum Gasteiger partial charge on any atom is -0.396 e. The summed E-state index contributed by atoms with van der Waals surface area (Å²) >= 11 is 11.0. The molecule has 0 heterocycles. The number of nitrogens with two attached hydrogens (primary N) is 1. The van der Waals surface area contributed by atoms with Crippen LogP contribution in [0.4, 0.5) is 9.57 Å². The molecule has 0 radical (unpaired) electrons. The van der Waals surface area contributed by atoms with Crippen molar-refractivity contribution in [3.05, 3.63) is 22.2 Å². The van der Waals surface area contributed by atoms with E-state index in [1.807, 2.05) is 0 Å². The van der Waals surface area contributed by atoms with Crippen LogP contribution in [0, 0.1) is 0 Å². The molecule has 1 rings (SSSR count). The fourth-order valence-corrected chi connectivity index (χ4v) is 1.84. The molecule has 0 saturated carbocycles. The van der Waals surface area contributed by atoms with Crippen LogP contribution in [0.25, 0.3) is 0 Å². The van der Waals surface area contributed by atoms with E-state index in [-0.39, 0.29) is 15.7 Å². The van der Waals surface area contributed by atoms with E-state index in [9.17, 15) is 12.3 Å². The lowest BCUT2D eigenvalue weighted by Crippen LogP contribution is -1.95. The van der Waals surface area contributed by atoms with Gasteiger partial charge in [-0.1, -0.05) is 23.2 Å². The van der Waals surface area contributed by atoms with Crippen LogP contribution in [0.2, 0.25) is 10.0 Å². The van der Waals surface area contributed by atoms with E-state index < -0.39 is 15.1 Å². The fourth-order valence-electron chi connectivity index (χ4n) is 0.702. The molecule has 0 bridgehead atoms. The molecule has 0 amide bonds. The molecule has 13 heavy (non-hydrogen) atoms. The van der Waals surface area contributed by atoms with Crippen LogP contribution in [0.3, 0.4) is 0 Å². The van der Waals surface area contributed by atoms with Gasteiger partial charge in [-0.05, 0) is 12.1 Å². The molecule has 0 fully saturated rings. The predicted molar refractivity (Wildman–Crippen MR) is 49.2 cm³/mol. The Morgan fingerprint density at radius 2 is 1.62 bits per heavy atom. The molecule has 0 saturated heterocycles. The smallest absolute Gasteiger partial charge is 0.332 e. The molecule has 0 aliphatic rings. The van der Waals surface area contributed by atoms with Crippen LogP contribution < -0.4 is 5.73 Å². The van der Waals surface area contributed by atoms with Gasteiger partial charge >= 0.3 is 10.2 Å². The predicted octanol–water partition coefficient (Wildman–Crippen LogP) is 2.23. The zero-order valence-electron chi connectivity index (χ0n) is 6.09. The van der Waals surface area contributed by atoms with Gasteiger partial charge in [0, 0.05) is 0 Å². The monoisotopic (exact) mass is 243 g/mol. The van der Waals surface area contributed by atoms with Gasteiger partial charge < -0.3 is 5.73 Å². The summed E-state index contributed by atoms with van der Waals surface area (Å²) in [5, 5.41) is -0.188. The van der Waals surface area contributed by atoms with Crippen molar-refractivity contribution < 1.29 is 12.3 Å². The average molecular weight is 244 g/mol. The summed E-state index contributed by atoms with van der Waals surface area (Å²) < 4.78 is 33.3. The molecule has 0 aliphatic carbocycles. The third-order valence-electron chi connectivity index (χ3n) is 1.33. The molecule has 0 spiro atoms. The van der Waals surface area contributed by atoms with Gasteiger partial charge in [0.05, 0.1) is 15.7 Å². The zero-order valence-corrected chi connectivity index (χ0v) is 8.42. The maximum absolute atomic E-state index is 12.4. The Morgan fingerprint density at radius 3 is 1.92 bits per heavy atom. The molecule has 3 nitrogen and oxygen atoms in total. The van der Waals surface area contributed by atoms with Crippen molar-refractivity contribution in [2.45, 2.75) is 4.90 Å². The van der Waals surface area contributed by atoms with Crippen LogP contribution >= 0.6 is 23.2 Å². The van der Waals surface area contributed by atoms with Gasteiger partial charge in [0.25, 0.3) is 0 Å². The summed E-state index contributed by atoms with van der Waals surface area (Å²) in [6, 6.07) is 1.80. The first-order chi connectivity index (χ1) is 5.82. The Kier molecular flexibility index (Phi) is 2.70. The molecule has 2 N–H and O–H groups in total. The van der Waals surface area contributed by atoms with Crippen molar-refractivity contribution in [3.63, 3.8) is 0 Å². The Balaban J connectivity index is 3.47. The molecule has 1 aromatic carbocycles. The number of rotatable bonds is 1. The Hall–Kier alpha value is -0.520. The normalized spacial score (nSPS) is 11.6. The molecule has 72 valence electrons. The molecule has 1 aromatic rings. The Bertz CT molecular complexity index is 423. The van der Waals surface area contributed by atoms with Crippen molar-refractivity contribution in [2.24, 2.45) is 0 Å². The summed E-state index contributed by atoms with van der Waals surface area (Å²) in [6.45, 7) is 0. The molecule has 7 heteroatoms. The van der Waals surface area contributed by atoms with E-state index in [0.717, 1.165) is 12.1 Å². The molecule has 0 aliphatic heterocycles. The van der Waals surface area contributed by atoms with Gasteiger partial charge in [0.15, 0.2) is 0 Å². The van der Waals surface area contributed by atoms with E-state index >= 15 is 0 Å². The third-order valence-corrected chi connectivity index (χ3v) is 2.76. The van der Waals surface area contributed by atoms with E-state index in [2.05, 4.69) is 0 Å². The maximum Gasteiger partial charge on any atom is 0.332 e. The number of hydrogen-bond donors (Lipinski definition) is 1. The van der Waals surface area contributed by atoms with Crippen LogP contribution in [-0.4, -0.2) is 8.42 Å². The second-order valence-electron chi connectivity index (χ2n) is 2.24. The minimum absolute atomic E-state index is 0.0238. The highest BCUT2D eigenvalue weighted by Crippen LogP contribution is 2.31. The van der Waals surface area contributed by atoms with Crippen LogP contribution in [0.1, 0.15) is 0 Å². The van der Waals surface area contributed by atoms with Crippen molar-refractivity contribution in [3.8, 4) is 0 Å². The van der Waals surface area contributed by atoms with Crippen LogP contribution in [0.5, 0.6) is 0 Å². The van der Waals surface area contributed by atoms with Crippen molar-refractivity contribution in [1.82, 2.24) is 0 Å². The van der Waals surface area contributed by atoms with E-state index in [0.29, 0.717) is 0 Å². The number of anilines is 1. The largest absolute Gasteiger partial charge is 0.396 e. The van der Waals surface area contributed by atoms with Crippen molar-refractivity contribution >= 4 is 39.1 Å². The SMILES string of the molecule is Nc1c(Cl)cc(S(=O)(=O)F)cc1Cl. The van der Waals surface area contributed by atoms with Gasteiger partial charge in [0.1, 0.15) is 4.90 Å². The Labute approximate surface area is 84.5 Å². The van der Waals surface area contributed by atoms with Crippen molar-refractivity contribution in [1.29, 1.82) is 0 Å². The third kappa shape index (κ3) is 2.24. The van der Waals surface area contributed by atoms with Gasteiger partial charge in [-0.25, -0.2) is 0 Å². The van der Waals surface area contributed by atoms with Gasteiger partial charge in [0.2, 0.25) is 0 Å². The van der Waals surface area contributed by atoms with Gasteiger partial charge in [-0.2, -0.15) is 8.42 Å². The highest BCUT2D eigenvalue weighted by atomic mass is 35.5. The quantitative estimate of drug-likeness (QED) is 0.608. The summed E-state index contributed by atoms with van der Waals surface area (Å²) in [5.74, 6) is 0. The number of benzene rings is 1. The van der Waals surface area contributed by atoms with E-state index in [4.69, 9.17) is 28.9 Å². The molecule has 0 unspecified atom stereocenters. The van der Waals surface area contributed by atoms with Crippen LogP contribution in [-0.2, 0) is 10.2 Å². The lowest BCUT2D eigenvalue weighted by atomic mass is 10.3.